The molecule has 5 heteroatoms. The van der Waals surface area contributed by atoms with Gasteiger partial charge in [-0.25, -0.2) is 4.79 Å². The molecular formula is C16H23BNO3. The van der Waals surface area contributed by atoms with Gasteiger partial charge >= 0.3 is 6.09 Å². The lowest BCUT2D eigenvalue weighted by atomic mass is 9.70. The number of carbonyl (C=O) groups excluding carboxylic acids is 1. The van der Waals surface area contributed by atoms with Gasteiger partial charge in [-0.3, -0.25) is 0 Å². The molecule has 0 bridgehead atoms. The first-order valence-corrected chi connectivity index (χ1v) is 7.38. The van der Waals surface area contributed by atoms with Crippen LogP contribution in [0.1, 0.15) is 32.4 Å². The van der Waals surface area contributed by atoms with Gasteiger partial charge in [-0.1, -0.05) is 36.6 Å². The smallest absolute Gasteiger partial charge is 0.410 e. The molecule has 1 aromatic carbocycles. The maximum Gasteiger partial charge on any atom is 0.410 e. The van der Waals surface area contributed by atoms with Crippen LogP contribution in [0.5, 0.6) is 0 Å². The van der Waals surface area contributed by atoms with E-state index in [0.29, 0.717) is 19.7 Å². The molecule has 1 aromatic rings. The average Bonchev–Trinajstić information content (AvgIpc) is 2.45. The van der Waals surface area contributed by atoms with Gasteiger partial charge in [0.05, 0.1) is 19.3 Å². The predicted molar refractivity (Wildman–Crippen MR) is 84.2 cm³/mol. The van der Waals surface area contributed by atoms with Gasteiger partial charge in [0.25, 0.3) is 0 Å². The summed E-state index contributed by atoms with van der Waals surface area (Å²) >= 11 is 0. The van der Waals surface area contributed by atoms with Crippen LogP contribution < -0.4 is 5.46 Å². The van der Waals surface area contributed by atoms with Crippen molar-refractivity contribution in [2.75, 3.05) is 19.7 Å². The van der Waals surface area contributed by atoms with Gasteiger partial charge in [0.2, 0.25) is 0 Å². The number of ether oxygens (including phenoxy) is 2. The Hall–Kier alpha value is -1.49. The molecule has 0 saturated carbocycles. The Morgan fingerprint density at radius 3 is 2.76 bits per heavy atom. The van der Waals surface area contributed by atoms with Gasteiger partial charge in [0.1, 0.15) is 12.9 Å². The van der Waals surface area contributed by atoms with Crippen molar-refractivity contribution < 1.29 is 14.3 Å². The highest BCUT2D eigenvalue weighted by Crippen LogP contribution is 2.22. The normalized spacial score (nSPS) is 19.2. The minimum Gasteiger partial charge on any atom is -0.444 e. The molecule has 1 saturated heterocycles. The lowest BCUT2D eigenvalue weighted by molar-refractivity contribution is -0.0429. The quantitative estimate of drug-likeness (QED) is 0.784. The molecule has 0 N–H and O–H groups in total. The molecule has 1 unspecified atom stereocenters. The van der Waals surface area contributed by atoms with E-state index in [0.717, 1.165) is 11.0 Å². The molecule has 0 aliphatic carbocycles. The summed E-state index contributed by atoms with van der Waals surface area (Å²) in [5.41, 5.74) is 1.79. The summed E-state index contributed by atoms with van der Waals surface area (Å²) in [4.78, 5) is 13.9. The second kappa shape index (κ2) is 6.52. The third-order valence-corrected chi connectivity index (χ3v) is 3.37. The first-order chi connectivity index (χ1) is 9.90. The minimum absolute atomic E-state index is 0.0985. The van der Waals surface area contributed by atoms with Crippen LogP contribution in [0, 0.1) is 0 Å². The van der Waals surface area contributed by atoms with E-state index >= 15 is 0 Å². The zero-order valence-corrected chi connectivity index (χ0v) is 13.3. The Kier molecular flexibility index (Phi) is 4.94. The van der Waals surface area contributed by atoms with E-state index in [4.69, 9.17) is 9.47 Å². The molecule has 1 heterocycles. The van der Waals surface area contributed by atoms with E-state index in [1.165, 1.54) is 0 Å². The number of benzene rings is 1. The molecule has 1 aliphatic heterocycles. The number of morpholine rings is 1. The van der Waals surface area contributed by atoms with Crippen LogP contribution in [0.3, 0.4) is 0 Å². The number of nitrogens with zero attached hydrogens (tertiary/aromatic N) is 1. The Morgan fingerprint density at radius 1 is 1.38 bits per heavy atom. The molecule has 1 aliphatic rings. The molecule has 1 amide bonds. The molecule has 4 nitrogen and oxygen atoms in total. The molecule has 21 heavy (non-hydrogen) atoms. The summed E-state index contributed by atoms with van der Waals surface area (Å²) in [5.74, 6) is 0. The van der Waals surface area contributed by atoms with E-state index in [1.54, 1.807) is 4.90 Å². The fourth-order valence-corrected chi connectivity index (χ4v) is 2.40. The first-order valence-electron chi connectivity index (χ1n) is 7.38. The van der Waals surface area contributed by atoms with Crippen molar-refractivity contribution in [3.05, 3.63) is 29.8 Å². The molecule has 1 atom stereocenters. The van der Waals surface area contributed by atoms with Crippen LogP contribution in [-0.4, -0.2) is 43.6 Å². The SMILES string of the molecule is C[B]c1ccccc1C1CN(C(=O)OC(C)(C)C)CCO1. The van der Waals surface area contributed by atoms with Crippen molar-refractivity contribution >= 4 is 18.8 Å². The third-order valence-electron chi connectivity index (χ3n) is 3.37. The van der Waals surface area contributed by atoms with Crippen LogP contribution >= 0.6 is 0 Å². The summed E-state index contributed by atoms with van der Waals surface area (Å²) < 4.78 is 11.3. The lowest BCUT2D eigenvalue weighted by Crippen LogP contribution is -2.45. The number of amides is 1. The highest BCUT2D eigenvalue weighted by molar-refractivity contribution is 6.52. The lowest BCUT2D eigenvalue weighted by Gasteiger charge is -2.35. The zero-order chi connectivity index (χ0) is 15.5. The van der Waals surface area contributed by atoms with Gasteiger partial charge in [-0.05, 0) is 26.3 Å². The van der Waals surface area contributed by atoms with Crippen LogP contribution in [0.4, 0.5) is 4.79 Å². The standard InChI is InChI=1S/C16H23BNO3/c1-16(2,3)21-15(19)18-9-10-20-14(11-18)12-7-5-6-8-13(12)17-4/h5-8,14H,9-11H2,1-4H3. The van der Waals surface area contributed by atoms with Gasteiger partial charge in [0.15, 0.2) is 0 Å². The van der Waals surface area contributed by atoms with Gasteiger partial charge in [0, 0.05) is 6.54 Å². The number of rotatable bonds is 2. The summed E-state index contributed by atoms with van der Waals surface area (Å²) in [7, 11) is 2.06. The summed E-state index contributed by atoms with van der Waals surface area (Å²) in [5, 5.41) is 0. The number of hydrogen-bond donors (Lipinski definition) is 0. The van der Waals surface area contributed by atoms with Crippen LogP contribution in [-0.2, 0) is 9.47 Å². The van der Waals surface area contributed by atoms with E-state index in [9.17, 15) is 4.79 Å². The van der Waals surface area contributed by atoms with Crippen LogP contribution in [0.2, 0.25) is 6.82 Å². The highest BCUT2D eigenvalue weighted by Gasteiger charge is 2.29. The van der Waals surface area contributed by atoms with E-state index in [1.807, 2.05) is 39.7 Å². The molecule has 2 rings (SSSR count). The maximum atomic E-state index is 12.2. The second-order valence-corrected chi connectivity index (χ2v) is 6.20. The van der Waals surface area contributed by atoms with Crippen molar-refractivity contribution in [3.63, 3.8) is 0 Å². The average molecular weight is 288 g/mol. The number of carbonyl (C=O) groups is 1. The van der Waals surface area contributed by atoms with Crippen molar-refractivity contribution in [1.29, 1.82) is 0 Å². The molecule has 1 fully saturated rings. The van der Waals surface area contributed by atoms with Crippen LogP contribution in [0.15, 0.2) is 24.3 Å². The molecular weight excluding hydrogens is 265 g/mol. The van der Waals surface area contributed by atoms with E-state index in [-0.39, 0.29) is 12.2 Å². The van der Waals surface area contributed by atoms with Gasteiger partial charge in [-0.2, -0.15) is 0 Å². The predicted octanol–water partition coefficient (Wildman–Crippen LogP) is 2.37. The van der Waals surface area contributed by atoms with Crippen molar-refractivity contribution in [2.45, 2.75) is 39.3 Å². The monoisotopic (exact) mass is 288 g/mol. The van der Waals surface area contributed by atoms with Crippen molar-refractivity contribution in [3.8, 4) is 0 Å². The van der Waals surface area contributed by atoms with Crippen LogP contribution in [0.25, 0.3) is 0 Å². The third kappa shape index (κ3) is 4.24. The van der Waals surface area contributed by atoms with Gasteiger partial charge < -0.3 is 14.4 Å². The Labute approximate surface area is 127 Å². The van der Waals surface area contributed by atoms with E-state index < -0.39 is 5.60 Å². The zero-order valence-electron chi connectivity index (χ0n) is 13.3. The molecule has 113 valence electrons. The fraction of sp³-hybridized carbons (Fsp3) is 0.562. The van der Waals surface area contributed by atoms with Crippen molar-refractivity contribution in [1.82, 2.24) is 4.90 Å². The summed E-state index contributed by atoms with van der Waals surface area (Å²) in [6.07, 6.45) is -0.368. The minimum atomic E-state index is -0.472. The largest absolute Gasteiger partial charge is 0.444 e. The second-order valence-electron chi connectivity index (χ2n) is 6.20. The summed E-state index contributed by atoms with van der Waals surface area (Å²) in [6.45, 7) is 9.27. The topological polar surface area (TPSA) is 38.8 Å². The van der Waals surface area contributed by atoms with Gasteiger partial charge in [-0.15, -0.1) is 0 Å². The molecule has 0 aromatic heterocycles. The maximum absolute atomic E-state index is 12.2. The fourth-order valence-electron chi connectivity index (χ4n) is 2.40. The Morgan fingerprint density at radius 2 is 2.10 bits per heavy atom. The number of hydrogen-bond acceptors (Lipinski definition) is 3. The van der Waals surface area contributed by atoms with E-state index in [2.05, 4.69) is 19.4 Å². The Bertz CT molecular complexity index is 499. The first kappa shape index (κ1) is 15.9. The highest BCUT2D eigenvalue weighted by atomic mass is 16.6. The van der Waals surface area contributed by atoms with Crippen molar-refractivity contribution in [2.24, 2.45) is 0 Å². The summed E-state index contributed by atoms with van der Waals surface area (Å²) in [6, 6.07) is 8.12. The molecule has 1 radical (unpaired) electrons. The Balaban J connectivity index is 2.09. The molecule has 0 spiro atoms.